The lowest BCUT2D eigenvalue weighted by molar-refractivity contribution is 0.870. The van der Waals surface area contributed by atoms with Crippen LogP contribution in [0.15, 0.2) is 18.7 Å². The van der Waals surface area contributed by atoms with E-state index in [0.29, 0.717) is 11.9 Å². The number of aromatic nitrogens is 5. The van der Waals surface area contributed by atoms with Gasteiger partial charge in [0, 0.05) is 26.5 Å². The lowest BCUT2D eigenvalue weighted by Gasteiger charge is -2.10. The van der Waals surface area contributed by atoms with Crippen LogP contribution < -0.4 is 4.90 Å². The standard InChI is InChI=1S/C8H9ClN6/c1-14(2)7-11-6(9)12-8(13-7)15-4-3-10-5-15/h3-5H,1-2H3. The number of hydrogen-bond donors (Lipinski definition) is 0. The molecule has 78 valence electrons. The summed E-state index contributed by atoms with van der Waals surface area (Å²) in [5.41, 5.74) is 0. The molecule has 0 aliphatic heterocycles. The molecular weight excluding hydrogens is 216 g/mol. The Morgan fingerprint density at radius 2 is 2.07 bits per heavy atom. The first-order valence-corrected chi connectivity index (χ1v) is 4.62. The molecule has 6 nitrogen and oxygen atoms in total. The highest BCUT2D eigenvalue weighted by Crippen LogP contribution is 2.10. The SMILES string of the molecule is CN(C)c1nc(Cl)nc(-n2ccnc2)n1. The minimum atomic E-state index is 0.164. The van der Waals surface area contributed by atoms with Gasteiger partial charge in [-0.2, -0.15) is 15.0 Å². The van der Waals surface area contributed by atoms with Crippen LogP contribution in [0.25, 0.3) is 5.95 Å². The summed E-state index contributed by atoms with van der Waals surface area (Å²) < 4.78 is 1.67. The summed E-state index contributed by atoms with van der Waals surface area (Å²) in [5, 5.41) is 0.164. The second kappa shape index (κ2) is 3.82. The first kappa shape index (κ1) is 9.85. The zero-order valence-corrected chi connectivity index (χ0v) is 9.05. The van der Waals surface area contributed by atoms with Gasteiger partial charge in [0.1, 0.15) is 6.33 Å². The van der Waals surface area contributed by atoms with Crippen molar-refractivity contribution in [1.29, 1.82) is 0 Å². The second-order valence-corrected chi connectivity index (χ2v) is 3.41. The van der Waals surface area contributed by atoms with Gasteiger partial charge in [-0.15, -0.1) is 0 Å². The topological polar surface area (TPSA) is 59.7 Å². The molecule has 0 unspecified atom stereocenters. The fraction of sp³-hybridized carbons (Fsp3) is 0.250. The van der Waals surface area contributed by atoms with Crippen molar-refractivity contribution in [1.82, 2.24) is 24.5 Å². The van der Waals surface area contributed by atoms with Crippen LogP contribution >= 0.6 is 11.6 Å². The van der Waals surface area contributed by atoms with Crippen LogP contribution in [-0.4, -0.2) is 38.6 Å². The van der Waals surface area contributed by atoms with Crippen molar-refractivity contribution in [3.05, 3.63) is 24.0 Å². The molecule has 0 aromatic carbocycles. The molecule has 0 aliphatic carbocycles. The minimum absolute atomic E-state index is 0.164. The summed E-state index contributed by atoms with van der Waals surface area (Å²) in [6.07, 6.45) is 4.99. The summed E-state index contributed by atoms with van der Waals surface area (Å²) in [7, 11) is 3.67. The third kappa shape index (κ3) is 2.04. The maximum Gasteiger partial charge on any atom is 0.241 e. The third-order valence-electron chi connectivity index (χ3n) is 1.72. The molecular formula is C8H9ClN6. The zero-order valence-electron chi connectivity index (χ0n) is 8.29. The van der Waals surface area contributed by atoms with E-state index < -0.39 is 0 Å². The van der Waals surface area contributed by atoms with Crippen molar-refractivity contribution in [2.24, 2.45) is 0 Å². The highest BCUT2D eigenvalue weighted by atomic mass is 35.5. The van der Waals surface area contributed by atoms with Crippen LogP contribution in [0.5, 0.6) is 0 Å². The first-order chi connectivity index (χ1) is 7.16. The van der Waals surface area contributed by atoms with Crippen molar-refractivity contribution in [2.45, 2.75) is 0 Å². The van der Waals surface area contributed by atoms with E-state index in [1.165, 1.54) is 0 Å². The Hall–Kier alpha value is -1.69. The predicted octanol–water partition coefficient (Wildman–Crippen LogP) is 0.777. The summed E-state index contributed by atoms with van der Waals surface area (Å²) in [5.74, 6) is 0.968. The monoisotopic (exact) mass is 224 g/mol. The van der Waals surface area contributed by atoms with Gasteiger partial charge < -0.3 is 4.90 Å². The highest BCUT2D eigenvalue weighted by molar-refractivity contribution is 6.28. The molecule has 0 fully saturated rings. The fourth-order valence-corrected chi connectivity index (χ4v) is 1.17. The maximum absolute atomic E-state index is 5.79. The van der Waals surface area contributed by atoms with Gasteiger partial charge in [0.25, 0.3) is 0 Å². The Morgan fingerprint density at radius 1 is 1.27 bits per heavy atom. The van der Waals surface area contributed by atoms with Crippen molar-refractivity contribution in [3.8, 4) is 5.95 Å². The van der Waals surface area contributed by atoms with E-state index >= 15 is 0 Å². The summed E-state index contributed by atoms with van der Waals surface area (Å²) >= 11 is 5.79. The van der Waals surface area contributed by atoms with Crippen molar-refractivity contribution < 1.29 is 0 Å². The molecule has 0 atom stereocenters. The highest BCUT2D eigenvalue weighted by Gasteiger charge is 2.07. The Balaban J connectivity index is 2.49. The largest absolute Gasteiger partial charge is 0.347 e. The van der Waals surface area contributed by atoms with Crippen LogP contribution in [0.1, 0.15) is 0 Å². The Morgan fingerprint density at radius 3 is 2.67 bits per heavy atom. The van der Waals surface area contributed by atoms with Gasteiger partial charge >= 0.3 is 0 Å². The molecule has 7 heteroatoms. The van der Waals surface area contributed by atoms with Gasteiger partial charge in [-0.3, -0.25) is 4.57 Å². The maximum atomic E-state index is 5.79. The Labute approximate surface area is 91.6 Å². The minimum Gasteiger partial charge on any atom is -0.347 e. The molecule has 0 aliphatic rings. The molecule has 0 spiro atoms. The van der Waals surface area contributed by atoms with Crippen LogP contribution in [0.3, 0.4) is 0 Å². The first-order valence-electron chi connectivity index (χ1n) is 4.24. The molecule has 0 radical (unpaired) electrons. The second-order valence-electron chi connectivity index (χ2n) is 3.07. The summed E-state index contributed by atoms with van der Waals surface area (Å²) in [6.45, 7) is 0. The zero-order chi connectivity index (χ0) is 10.8. The van der Waals surface area contributed by atoms with E-state index in [0.717, 1.165) is 0 Å². The Kier molecular flexibility index (Phi) is 2.51. The fourth-order valence-electron chi connectivity index (χ4n) is 1.02. The lowest BCUT2D eigenvalue weighted by atomic mass is 10.7. The number of rotatable bonds is 2. The molecule has 0 amide bonds. The molecule has 0 saturated heterocycles. The summed E-state index contributed by atoms with van der Waals surface area (Å²) in [6, 6.07) is 0. The molecule has 2 aromatic heterocycles. The molecule has 0 saturated carbocycles. The van der Waals surface area contributed by atoms with Crippen LogP contribution in [0, 0.1) is 0 Å². The predicted molar refractivity (Wildman–Crippen MR) is 56.3 cm³/mol. The normalized spacial score (nSPS) is 10.3. The summed E-state index contributed by atoms with van der Waals surface area (Å²) in [4.78, 5) is 17.9. The van der Waals surface area contributed by atoms with Gasteiger partial charge in [0.05, 0.1) is 0 Å². The number of anilines is 1. The Bertz CT molecular complexity index is 452. The van der Waals surface area contributed by atoms with E-state index in [9.17, 15) is 0 Å². The van der Waals surface area contributed by atoms with Crippen molar-refractivity contribution in [2.75, 3.05) is 19.0 Å². The van der Waals surface area contributed by atoms with Crippen molar-refractivity contribution >= 4 is 17.5 Å². The number of hydrogen-bond acceptors (Lipinski definition) is 5. The van der Waals surface area contributed by atoms with Gasteiger partial charge in [0.15, 0.2) is 0 Å². The molecule has 0 bridgehead atoms. The number of imidazole rings is 1. The van der Waals surface area contributed by atoms with Gasteiger partial charge in [-0.25, -0.2) is 4.98 Å². The average molecular weight is 225 g/mol. The van der Waals surface area contributed by atoms with E-state index in [1.807, 2.05) is 14.1 Å². The smallest absolute Gasteiger partial charge is 0.241 e. The van der Waals surface area contributed by atoms with Gasteiger partial charge in [0.2, 0.25) is 17.2 Å². The van der Waals surface area contributed by atoms with E-state index in [2.05, 4.69) is 19.9 Å². The van der Waals surface area contributed by atoms with E-state index in [-0.39, 0.29) is 5.28 Å². The number of nitrogens with zero attached hydrogens (tertiary/aromatic N) is 6. The third-order valence-corrected chi connectivity index (χ3v) is 1.89. The van der Waals surface area contributed by atoms with Crippen LogP contribution in [0.2, 0.25) is 5.28 Å². The lowest BCUT2D eigenvalue weighted by Crippen LogP contribution is -2.15. The molecule has 2 rings (SSSR count). The van der Waals surface area contributed by atoms with E-state index in [1.54, 1.807) is 28.2 Å². The molecule has 15 heavy (non-hydrogen) atoms. The molecule has 2 aromatic rings. The van der Waals surface area contributed by atoms with Crippen LogP contribution in [-0.2, 0) is 0 Å². The molecule has 2 heterocycles. The van der Waals surface area contributed by atoms with E-state index in [4.69, 9.17) is 11.6 Å². The van der Waals surface area contributed by atoms with Crippen LogP contribution in [0.4, 0.5) is 5.95 Å². The van der Waals surface area contributed by atoms with Gasteiger partial charge in [-0.05, 0) is 11.6 Å². The average Bonchev–Trinajstić information content (AvgIpc) is 2.69. The van der Waals surface area contributed by atoms with Gasteiger partial charge in [-0.1, -0.05) is 0 Å². The van der Waals surface area contributed by atoms with Crippen molar-refractivity contribution in [3.63, 3.8) is 0 Å². The number of halogens is 1. The quantitative estimate of drug-likeness (QED) is 0.755. The molecule has 0 N–H and O–H groups in total.